The smallest absolute Gasteiger partial charge is 0.226 e. The standard InChI is InChI=1S/C22H22FN3O/c1-21(2)17-11-10-15-18(13-6-8-14(23)9-7-13)26(5)25-19(15)22(17,3)12-16(24-4)20(21)27/h6-9,12,17H,10-11H2,1-3,5H3/t17-,22-/m0/s1. The molecule has 0 saturated heterocycles. The van der Waals surface area contributed by atoms with E-state index >= 15 is 0 Å². The topological polar surface area (TPSA) is 39.2 Å². The van der Waals surface area contributed by atoms with Gasteiger partial charge in [-0.1, -0.05) is 26.8 Å². The van der Waals surface area contributed by atoms with Crippen LogP contribution in [0.1, 0.15) is 38.4 Å². The number of hydrogen-bond acceptors (Lipinski definition) is 2. The fourth-order valence-electron chi connectivity index (χ4n) is 5.16. The number of aryl methyl sites for hydroxylation is 1. The number of carbonyl (C=O) groups excluding carboxylic acids is 1. The van der Waals surface area contributed by atoms with Gasteiger partial charge < -0.3 is 4.79 Å². The summed E-state index contributed by atoms with van der Waals surface area (Å²) in [5, 5.41) is 4.83. The zero-order valence-electron chi connectivity index (χ0n) is 16.0. The van der Waals surface area contributed by atoms with E-state index in [0.717, 1.165) is 35.4 Å². The third-order valence-corrected chi connectivity index (χ3v) is 6.43. The summed E-state index contributed by atoms with van der Waals surface area (Å²) in [5.74, 6) is -0.247. The molecule has 0 unspecified atom stereocenters. The normalized spacial score (nSPS) is 26.0. The second-order valence-corrected chi connectivity index (χ2v) is 8.37. The van der Waals surface area contributed by atoms with Gasteiger partial charge in [0.15, 0.2) is 5.78 Å². The van der Waals surface area contributed by atoms with Crippen molar-refractivity contribution in [3.05, 3.63) is 64.5 Å². The van der Waals surface area contributed by atoms with Crippen molar-refractivity contribution in [3.63, 3.8) is 0 Å². The third kappa shape index (κ3) is 2.32. The number of hydrogen-bond donors (Lipinski definition) is 0. The van der Waals surface area contributed by atoms with Gasteiger partial charge in [-0.05, 0) is 43.0 Å². The van der Waals surface area contributed by atoms with E-state index in [2.05, 4.69) is 11.8 Å². The Kier molecular flexibility index (Phi) is 3.68. The van der Waals surface area contributed by atoms with Gasteiger partial charge in [0.25, 0.3) is 0 Å². The van der Waals surface area contributed by atoms with Crippen LogP contribution in [0.15, 0.2) is 36.0 Å². The molecule has 5 heteroatoms. The van der Waals surface area contributed by atoms with E-state index in [1.807, 2.05) is 31.7 Å². The Balaban J connectivity index is 1.95. The number of benzene rings is 1. The van der Waals surface area contributed by atoms with Crippen LogP contribution >= 0.6 is 0 Å². The molecule has 138 valence electrons. The van der Waals surface area contributed by atoms with Crippen molar-refractivity contribution in [3.8, 4) is 11.3 Å². The van der Waals surface area contributed by atoms with Crippen LogP contribution < -0.4 is 0 Å². The minimum absolute atomic E-state index is 0.0712. The summed E-state index contributed by atoms with van der Waals surface area (Å²) in [6, 6.07) is 6.47. The Hall–Kier alpha value is -2.74. The largest absolute Gasteiger partial charge is 0.307 e. The Labute approximate surface area is 158 Å². The first-order chi connectivity index (χ1) is 12.7. The third-order valence-electron chi connectivity index (χ3n) is 6.43. The van der Waals surface area contributed by atoms with E-state index in [-0.39, 0.29) is 23.2 Å². The molecule has 0 saturated carbocycles. The van der Waals surface area contributed by atoms with E-state index < -0.39 is 10.8 Å². The van der Waals surface area contributed by atoms with E-state index in [9.17, 15) is 9.18 Å². The molecule has 1 aromatic heterocycles. The summed E-state index contributed by atoms with van der Waals surface area (Å²) in [5.41, 5.74) is 3.11. The summed E-state index contributed by atoms with van der Waals surface area (Å²) >= 11 is 0. The minimum Gasteiger partial charge on any atom is -0.307 e. The fourth-order valence-corrected chi connectivity index (χ4v) is 5.16. The predicted molar refractivity (Wildman–Crippen MR) is 101 cm³/mol. The number of Topliss-reactive ketones (excluding diaryl/α,β-unsaturated/α-hetero) is 1. The van der Waals surface area contributed by atoms with Gasteiger partial charge >= 0.3 is 0 Å². The molecule has 4 rings (SSSR count). The van der Waals surface area contributed by atoms with Gasteiger partial charge in [-0.2, -0.15) is 5.10 Å². The summed E-state index contributed by atoms with van der Waals surface area (Å²) in [7, 11) is 1.90. The molecule has 0 radical (unpaired) electrons. The van der Waals surface area contributed by atoms with Crippen LogP contribution in [0.2, 0.25) is 0 Å². The summed E-state index contributed by atoms with van der Waals surface area (Å²) in [4.78, 5) is 16.3. The Morgan fingerprint density at radius 2 is 1.93 bits per heavy atom. The Bertz CT molecular complexity index is 1020. The van der Waals surface area contributed by atoms with Gasteiger partial charge in [0.2, 0.25) is 5.70 Å². The van der Waals surface area contributed by atoms with Gasteiger partial charge in [0, 0.05) is 29.0 Å². The first-order valence-corrected chi connectivity index (χ1v) is 9.17. The van der Waals surface area contributed by atoms with Crippen LogP contribution in [0.4, 0.5) is 4.39 Å². The first-order valence-electron chi connectivity index (χ1n) is 9.17. The van der Waals surface area contributed by atoms with Crippen LogP contribution in [-0.2, 0) is 23.7 Å². The van der Waals surface area contributed by atoms with Crippen LogP contribution in [0.3, 0.4) is 0 Å². The van der Waals surface area contributed by atoms with E-state index in [0.29, 0.717) is 0 Å². The number of ketones is 1. The van der Waals surface area contributed by atoms with Gasteiger partial charge in [0.05, 0.1) is 18.0 Å². The quantitative estimate of drug-likeness (QED) is 0.702. The highest BCUT2D eigenvalue weighted by Crippen LogP contribution is 2.55. The van der Waals surface area contributed by atoms with Crippen LogP contribution in [0.25, 0.3) is 16.1 Å². The van der Waals surface area contributed by atoms with Gasteiger partial charge in [-0.3, -0.25) is 4.68 Å². The SMILES string of the molecule is [C-]#[N+]C1=C[C@]2(C)c3nn(C)c(-c4ccc(F)cc4)c3CC[C@H]2C(C)(C)C1=O. The summed E-state index contributed by atoms with van der Waals surface area (Å²) in [6.07, 6.45) is 3.50. The number of nitrogens with zero attached hydrogens (tertiary/aromatic N) is 3. The van der Waals surface area contributed by atoms with Crippen molar-refractivity contribution in [2.45, 2.75) is 39.0 Å². The Morgan fingerprint density at radius 1 is 1.26 bits per heavy atom. The molecule has 0 bridgehead atoms. The van der Waals surface area contributed by atoms with Crippen molar-refractivity contribution in [2.75, 3.05) is 0 Å². The fraction of sp³-hybridized carbons (Fsp3) is 0.409. The number of aromatic nitrogens is 2. The Morgan fingerprint density at radius 3 is 2.56 bits per heavy atom. The maximum Gasteiger partial charge on any atom is 0.226 e. The molecule has 4 nitrogen and oxygen atoms in total. The number of carbonyl (C=O) groups is 1. The summed E-state index contributed by atoms with van der Waals surface area (Å²) < 4.78 is 15.2. The molecular weight excluding hydrogens is 341 g/mol. The van der Waals surface area contributed by atoms with Crippen molar-refractivity contribution < 1.29 is 9.18 Å². The van der Waals surface area contributed by atoms with Crippen LogP contribution in [0, 0.1) is 23.7 Å². The maximum absolute atomic E-state index is 13.4. The van der Waals surface area contributed by atoms with E-state index in [1.54, 1.807) is 12.1 Å². The number of halogens is 1. The maximum atomic E-state index is 13.4. The molecular formula is C22H22FN3O. The monoisotopic (exact) mass is 363 g/mol. The zero-order chi connectivity index (χ0) is 19.6. The molecule has 1 heterocycles. The molecule has 2 aromatic rings. The zero-order valence-corrected chi connectivity index (χ0v) is 16.0. The molecule has 2 aliphatic rings. The van der Waals surface area contributed by atoms with Gasteiger partial charge in [0.1, 0.15) is 5.82 Å². The average Bonchev–Trinajstić information content (AvgIpc) is 2.96. The highest BCUT2D eigenvalue weighted by atomic mass is 19.1. The summed E-state index contributed by atoms with van der Waals surface area (Å²) in [6.45, 7) is 13.5. The average molecular weight is 363 g/mol. The second kappa shape index (κ2) is 5.63. The van der Waals surface area contributed by atoms with Crippen molar-refractivity contribution in [1.82, 2.24) is 9.78 Å². The minimum atomic E-state index is -0.603. The van der Waals surface area contributed by atoms with Crippen molar-refractivity contribution >= 4 is 5.78 Å². The number of rotatable bonds is 1. The van der Waals surface area contributed by atoms with E-state index in [1.165, 1.54) is 12.1 Å². The molecule has 0 aliphatic heterocycles. The van der Waals surface area contributed by atoms with Crippen LogP contribution in [0.5, 0.6) is 0 Å². The lowest BCUT2D eigenvalue weighted by molar-refractivity contribution is -0.128. The molecule has 2 atom stereocenters. The number of fused-ring (bicyclic) bond motifs is 3. The van der Waals surface area contributed by atoms with Crippen molar-refractivity contribution in [2.24, 2.45) is 18.4 Å². The van der Waals surface area contributed by atoms with E-state index in [4.69, 9.17) is 11.7 Å². The molecule has 27 heavy (non-hydrogen) atoms. The molecule has 1 aromatic carbocycles. The lowest BCUT2D eigenvalue weighted by Gasteiger charge is -2.49. The predicted octanol–water partition coefficient (Wildman–Crippen LogP) is 4.46. The molecule has 0 spiro atoms. The van der Waals surface area contributed by atoms with Crippen LogP contribution in [-0.4, -0.2) is 15.6 Å². The van der Waals surface area contributed by atoms with Gasteiger partial charge in [-0.25, -0.2) is 9.24 Å². The molecule has 2 aliphatic carbocycles. The second-order valence-electron chi connectivity index (χ2n) is 8.37. The van der Waals surface area contributed by atoms with Crippen molar-refractivity contribution in [1.29, 1.82) is 0 Å². The highest BCUT2D eigenvalue weighted by molar-refractivity contribution is 6.02. The number of allylic oxidation sites excluding steroid dienone is 2. The molecule has 0 fully saturated rings. The molecule has 0 amide bonds. The van der Waals surface area contributed by atoms with Gasteiger partial charge in [-0.15, -0.1) is 0 Å². The first kappa shape index (κ1) is 17.7. The lowest BCUT2D eigenvalue weighted by atomic mass is 9.53. The molecule has 0 N–H and O–H groups in total. The lowest BCUT2D eigenvalue weighted by Crippen LogP contribution is -2.50. The highest BCUT2D eigenvalue weighted by Gasteiger charge is 2.55.